The van der Waals surface area contributed by atoms with Gasteiger partial charge in [0, 0.05) is 43.7 Å². The Kier molecular flexibility index (Phi) is 6.02. The van der Waals surface area contributed by atoms with Crippen LogP contribution < -0.4 is 5.73 Å². The number of benzene rings is 1. The molecular formula is C15H22ClN3O3S. The third kappa shape index (κ3) is 4.67. The molecule has 0 bridgehead atoms. The molecule has 1 heterocycles. The molecule has 1 fully saturated rings. The van der Waals surface area contributed by atoms with Crippen molar-refractivity contribution in [1.29, 1.82) is 0 Å². The van der Waals surface area contributed by atoms with E-state index in [0.29, 0.717) is 44.0 Å². The fourth-order valence-electron chi connectivity index (χ4n) is 2.44. The molecule has 1 aliphatic heterocycles. The Balaban J connectivity index is 1.95. The Morgan fingerprint density at radius 1 is 1.22 bits per heavy atom. The van der Waals surface area contributed by atoms with Crippen molar-refractivity contribution >= 4 is 27.5 Å². The number of nitrogens with zero attached hydrogens (tertiary/aromatic N) is 2. The monoisotopic (exact) mass is 359 g/mol. The molecule has 1 atom stereocenters. The van der Waals surface area contributed by atoms with E-state index in [9.17, 15) is 13.2 Å². The molecule has 1 saturated heterocycles. The standard InChI is InChI=1S/C15H22ClN3O3S/c1-12(17)2-7-15(20)18-8-10-19(11-9-18)23(21,22)14-5-3-13(16)4-6-14/h3-6,12H,2,7-11,17H2,1H3. The molecule has 1 unspecified atom stereocenters. The predicted octanol–water partition coefficient (Wildman–Crippen LogP) is 1.30. The molecular weight excluding hydrogens is 338 g/mol. The summed E-state index contributed by atoms with van der Waals surface area (Å²) in [6.07, 6.45) is 1.05. The number of hydrogen-bond donors (Lipinski definition) is 1. The average molecular weight is 360 g/mol. The van der Waals surface area contributed by atoms with Crippen molar-refractivity contribution in [1.82, 2.24) is 9.21 Å². The van der Waals surface area contributed by atoms with Gasteiger partial charge in [-0.05, 0) is 37.6 Å². The lowest BCUT2D eigenvalue weighted by molar-refractivity contribution is -0.132. The summed E-state index contributed by atoms with van der Waals surface area (Å²) in [6, 6.07) is 6.10. The summed E-state index contributed by atoms with van der Waals surface area (Å²) in [4.78, 5) is 14.0. The van der Waals surface area contributed by atoms with E-state index in [1.165, 1.54) is 16.4 Å². The molecule has 1 amide bonds. The maximum Gasteiger partial charge on any atom is 0.243 e. The zero-order valence-corrected chi connectivity index (χ0v) is 14.7. The van der Waals surface area contributed by atoms with Crippen molar-refractivity contribution < 1.29 is 13.2 Å². The van der Waals surface area contributed by atoms with Gasteiger partial charge in [0.1, 0.15) is 0 Å². The zero-order chi connectivity index (χ0) is 17.0. The fourth-order valence-corrected chi connectivity index (χ4v) is 3.99. The molecule has 1 aliphatic rings. The summed E-state index contributed by atoms with van der Waals surface area (Å²) in [5.74, 6) is 0.0332. The van der Waals surface area contributed by atoms with Crippen molar-refractivity contribution in [2.45, 2.75) is 30.7 Å². The molecule has 0 aromatic heterocycles. The average Bonchev–Trinajstić information content (AvgIpc) is 2.53. The Morgan fingerprint density at radius 3 is 2.30 bits per heavy atom. The van der Waals surface area contributed by atoms with E-state index in [-0.39, 0.29) is 16.8 Å². The van der Waals surface area contributed by atoms with E-state index in [1.807, 2.05) is 6.92 Å². The van der Waals surface area contributed by atoms with Gasteiger partial charge in [0.15, 0.2) is 0 Å². The highest BCUT2D eigenvalue weighted by Crippen LogP contribution is 2.20. The minimum absolute atomic E-state index is 0.00878. The third-order valence-corrected chi connectivity index (χ3v) is 6.02. The number of rotatable bonds is 5. The van der Waals surface area contributed by atoms with Gasteiger partial charge in [0.2, 0.25) is 15.9 Å². The number of nitrogens with two attached hydrogens (primary N) is 1. The Morgan fingerprint density at radius 2 is 1.78 bits per heavy atom. The smallest absolute Gasteiger partial charge is 0.243 e. The fraction of sp³-hybridized carbons (Fsp3) is 0.533. The molecule has 2 rings (SSSR count). The zero-order valence-electron chi connectivity index (χ0n) is 13.1. The molecule has 1 aromatic rings. The Bertz CT molecular complexity index is 638. The number of piperazine rings is 1. The second-order valence-corrected chi connectivity index (χ2v) is 8.13. The van der Waals surface area contributed by atoms with Crippen LogP contribution in [-0.4, -0.2) is 55.8 Å². The van der Waals surface area contributed by atoms with E-state index in [1.54, 1.807) is 17.0 Å². The maximum atomic E-state index is 12.6. The summed E-state index contributed by atoms with van der Waals surface area (Å²) in [7, 11) is -3.54. The van der Waals surface area contributed by atoms with Gasteiger partial charge in [0.05, 0.1) is 4.90 Å². The molecule has 2 N–H and O–H groups in total. The lowest BCUT2D eigenvalue weighted by atomic mass is 10.2. The normalized spacial score (nSPS) is 18.0. The lowest BCUT2D eigenvalue weighted by Crippen LogP contribution is -2.50. The highest BCUT2D eigenvalue weighted by atomic mass is 35.5. The van der Waals surface area contributed by atoms with Gasteiger partial charge >= 0.3 is 0 Å². The quantitative estimate of drug-likeness (QED) is 0.858. The summed E-state index contributed by atoms with van der Waals surface area (Å²) in [5.41, 5.74) is 5.66. The van der Waals surface area contributed by atoms with Crippen molar-refractivity contribution in [2.75, 3.05) is 26.2 Å². The second kappa shape index (κ2) is 7.61. The highest BCUT2D eigenvalue weighted by molar-refractivity contribution is 7.89. The first-order valence-corrected chi connectivity index (χ1v) is 9.41. The van der Waals surface area contributed by atoms with Gasteiger partial charge in [-0.1, -0.05) is 11.6 Å². The van der Waals surface area contributed by atoms with Crippen LogP contribution in [-0.2, 0) is 14.8 Å². The predicted molar refractivity (Wildman–Crippen MR) is 89.7 cm³/mol. The van der Waals surface area contributed by atoms with Crippen LogP contribution >= 0.6 is 11.6 Å². The van der Waals surface area contributed by atoms with Crippen LogP contribution in [0.5, 0.6) is 0 Å². The SMILES string of the molecule is CC(N)CCC(=O)N1CCN(S(=O)(=O)c2ccc(Cl)cc2)CC1. The van der Waals surface area contributed by atoms with Gasteiger partial charge < -0.3 is 10.6 Å². The van der Waals surface area contributed by atoms with Crippen molar-refractivity contribution in [3.8, 4) is 0 Å². The van der Waals surface area contributed by atoms with Gasteiger partial charge in [0.25, 0.3) is 0 Å². The molecule has 0 saturated carbocycles. The molecule has 0 radical (unpaired) electrons. The lowest BCUT2D eigenvalue weighted by Gasteiger charge is -2.34. The first-order valence-electron chi connectivity index (χ1n) is 7.60. The summed E-state index contributed by atoms with van der Waals surface area (Å²) in [6.45, 7) is 3.28. The number of amides is 1. The van der Waals surface area contributed by atoms with E-state index in [0.717, 1.165) is 0 Å². The Labute approximate surface area is 142 Å². The van der Waals surface area contributed by atoms with Crippen LogP contribution in [0.2, 0.25) is 5.02 Å². The minimum atomic E-state index is -3.54. The molecule has 128 valence electrons. The summed E-state index contributed by atoms with van der Waals surface area (Å²) in [5, 5.41) is 0.494. The van der Waals surface area contributed by atoms with E-state index >= 15 is 0 Å². The van der Waals surface area contributed by atoms with E-state index < -0.39 is 10.0 Å². The highest BCUT2D eigenvalue weighted by Gasteiger charge is 2.29. The largest absolute Gasteiger partial charge is 0.340 e. The van der Waals surface area contributed by atoms with Crippen molar-refractivity contribution in [2.24, 2.45) is 5.73 Å². The van der Waals surface area contributed by atoms with Crippen molar-refractivity contribution in [3.63, 3.8) is 0 Å². The van der Waals surface area contributed by atoms with E-state index in [4.69, 9.17) is 17.3 Å². The van der Waals surface area contributed by atoms with Crippen molar-refractivity contribution in [3.05, 3.63) is 29.3 Å². The molecule has 0 aliphatic carbocycles. The first-order chi connectivity index (χ1) is 10.8. The second-order valence-electron chi connectivity index (χ2n) is 5.75. The Hall–Kier alpha value is -1.15. The van der Waals surface area contributed by atoms with Crippen LogP contribution in [0.1, 0.15) is 19.8 Å². The maximum absolute atomic E-state index is 12.6. The van der Waals surface area contributed by atoms with Crippen LogP contribution in [0, 0.1) is 0 Å². The number of sulfonamides is 1. The summed E-state index contributed by atoms with van der Waals surface area (Å²) >= 11 is 5.79. The molecule has 1 aromatic carbocycles. The number of carbonyl (C=O) groups is 1. The van der Waals surface area contributed by atoms with Gasteiger partial charge in [-0.3, -0.25) is 4.79 Å². The first kappa shape index (κ1) is 18.2. The van der Waals surface area contributed by atoms with Crippen LogP contribution in [0.3, 0.4) is 0 Å². The topological polar surface area (TPSA) is 83.7 Å². The summed E-state index contributed by atoms with van der Waals surface area (Å²) < 4.78 is 26.5. The molecule has 23 heavy (non-hydrogen) atoms. The van der Waals surface area contributed by atoms with Gasteiger partial charge in [-0.25, -0.2) is 8.42 Å². The molecule has 0 spiro atoms. The minimum Gasteiger partial charge on any atom is -0.340 e. The third-order valence-electron chi connectivity index (χ3n) is 3.86. The van der Waals surface area contributed by atoms with Crippen LogP contribution in [0.4, 0.5) is 0 Å². The van der Waals surface area contributed by atoms with Gasteiger partial charge in [-0.2, -0.15) is 4.31 Å². The number of halogens is 1. The van der Waals surface area contributed by atoms with Gasteiger partial charge in [-0.15, -0.1) is 0 Å². The molecule has 8 heteroatoms. The molecule has 6 nitrogen and oxygen atoms in total. The van der Waals surface area contributed by atoms with E-state index in [2.05, 4.69) is 0 Å². The number of hydrogen-bond acceptors (Lipinski definition) is 4. The van der Waals surface area contributed by atoms with Crippen LogP contribution in [0.15, 0.2) is 29.2 Å². The number of carbonyl (C=O) groups excluding carboxylic acids is 1. The van der Waals surface area contributed by atoms with Crippen LogP contribution in [0.25, 0.3) is 0 Å².